The molecule has 1 rings (SSSR count). The van der Waals surface area contributed by atoms with Gasteiger partial charge in [-0.05, 0) is 65.9 Å². The topological polar surface area (TPSA) is 12.0 Å². The van der Waals surface area contributed by atoms with Crippen LogP contribution in [0, 0.1) is 0 Å². The molecule has 0 aliphatic carbocycles. The van der Waals surface area contributed by atoms with Crippen molar-refractivity contribution >= 4 is 64.7 Å². The Morgan fingerprint density at radius 1 is 0.909 bits per heavy atom. The van der Waals surface area contributed by atoms with Crippen LogP contribution in [0.25, 0.3) is 0 Å². The molecular weight excluding hydrogens is 376 g/mol. The molecule has 22 heavy (non-hydrogen) atoms. The third-order valence-electron chi connectivity index (χ3n) is 4.15. The Morgan fingerprint density at radius 3 is 1.59 bits per heavy atom. The summed E-state index contributed by atoms with van der Waals surface area (Å²) in [4.78, 5) is 0. The smallest absolute Gasteiger partial charge is 0.226 e. The fraction of sp³-hybridized carbons (Fsp3) is 0.562. The lowest BCUT2D eigenvalue weighted by Gasteiger charge is -2.38. The van der Waals surface area contributed by atoms with Gasteiger partial charge in [0, 0.05) is 5.02 Å². The van der Waals surface area contributed by atoms with Crippen molar-refractivity contribution in [1.82, 2.24) is 0 Å². The van der Waals surface area contributed by atoms with E-state index in [0.29, 0.717) is 37.7 Å². The van der Waals surface area contributed by atoms with Crippen LogP contribution >= 0.6 is 54.3 Å². The minimum Gasteiger partial charge on any atom is -0.315 e. The van der Waals surface area contributed by atoms with E-state index in [2.05, 4.69) is 46.9 Å². The Labute approximate surface area is 155 Å². The Kier molecular flexibility index (Phi) is 7.43. The Bertz CT molecular complexity index is 514. The van der Waals surface area contributed by atoms with Crippen LogP contribution in [0.15, 0.2) is 12.1 Å². The van der Waals surface area contributed by atoms with Gasteiger partial charge in [-0.15, -0.1) is 0 Å². The Morgan fingerprint density at radius 2 is 1.27 bits per heavy atom. The largest absolute Gasteiger partial charge is 0.315 e. The van der Waals surface area contributed by atoms with Gasteiger partial charge < -0.3 is 5.32 Å². The molecule has 0 fully saturated rings. The average molecular weight is 400 g/mol. The minimum atomic E-state index is -1.55. The zero-order valence-electron chi connectivity index (χ0n) is 13.9. The fourth-order valence-electron chi connectivity index (χ4n) is 3.36. The van der Waals surface area contributed by atoms with Gasteiger partial charge >= 0.3 is 0 Å². The van der Waals surface area contributed by atoms with Crippen LogP contribution in [0.4, 0.5) is 5.69 Å². The van der Waals surface area contributed by atoms with Gasteiger partial charge in [-0.1, -0.05) is 34.8 Å². The first-order chi connectivity index (χ1) is 10.0. The standard InChI is InChI=1S/C16H23Cl3NPS/c1-9(2)21(10(3)4,11(5)6)16(22)20-15-13(18)7-12(17)8-14(15)19/h7-11H,1-6H3/p+1. The first-order valence-electron chi connectivity index (χ1n) is 7.39. The van der Waals surface area contributed by atoms with Gasteiger partial charge in [0.1, 0.15) is 0 Å². The van der Waals surface area contributed by atoms with Crippen LogP contribution in [0.5, 0.6) is 0 Å². The van der Waals surface area contributed by atoms with Gasteiger partial charge in [0.15, 0.2) is 0 Å². The maximum absolute atomic E-state index is 6.29. The molecule has 1 N–H and O–H groups in total. The molecule has 124 valence electrons. The van der Waals surface area contributed by atoms with Crippen molar-refractivity contribution in [2.24, 2.45) is 0 Å². The summed E-state index contributed by atoms with van der Waals surface area (Å²) < 4.78 is 0.888. The van der Waals surface area contributed by atoms with E-state index in [0.717, 1.165) is 4.73 Å². The molecule has 1 nitrogen and oxygen atoms in total. The molecule has 0 amide bonds. The van der Waals surface area contributed by atoms with Crippen LogP contribution in [-0.4, -0.2) is 21.7 Å². The molecule has 0 radical (unpaired) electrons. The number of benzene rings is 1. The second kappa shape index (κ2) is 7.99. The van der Waals surface area contributed by atoms with E-state index in [1.807, 2.05) is 0 Å². The summed E-state index contributed by atoms with van der Waals surface area (Å²) in [6, 6.07) is 3.36. The third kappa shape index (κ3) is 3.90. The number of rotatable bonds is 5. The molecule has 0 unspecified atom stereocenters. The zero-order valence-corrected chi connectivity index (χ0v) is 17.9. The lowest BCUT2D eigenvalue weighted by molar-refractivity contribution is 0.933. The highest BCUT2D eigenvalue weighted by atomic mass is 35.5. The minimum absolute atomic E-state index is 0.495. The van der Waals surface area contributed by atoms with Crippen molar-refractivity contribution in [3.8, 4) is 0 Å². The van der Waals surface area contributed by atoms with Crippen molar-refractivity contribution in [2.75, 3.05) is 5.32 Å². The first kappa shape index (κ1) is 20.5. The second-order valence-corrected chi connectivity index (χ2v) is 13.5. The predicted octanol–water partition coefficient (Wildman–Crippen LogP) is 7.59. The molecule has 1 aromatic carbocycles. The van der Waals surface area contributed by atoms with E-state index in [1.165, 1.54) is 0 Å². The molecule has 0 bridgehead atoms. The normalized spacial score (nSPS) is 12.4. The van der Waals surface area contributed by atoms with Crippen molar-refractivity contribution in [3.05, 3.63) is 27.2 Å². The number of hydrogen-bond donors (Lipinski definition) is 1. The fourth-order valence-corrected chi connectivity index (χ4v) is 11.6. The quantitative estimate of drug-likeness (QED) is 0.404. The van der Waals surface area contributed by atoms with E-state index in [9.17, 15) is 0 Å². The summed E-state index contributed by atoms with van der Waals surface area (Å²) in [6.45, 7) is 13.5. The molecule has 0 heterocycles. The first-order valence-corrected chi connectivity index (χ1v) is 10.9. The van der Waals surface area contributed by atoms with Crippen LogP contribution in [0.1, 0.15) is 41.5 Å². The monoisotopic (exact) mass is 398 g/mol. The Balaban J connectivity index is 3.29. The van der Waals surface area contributed by atoms with Gasteiger partial charge in [0.25, 0.3) is 0 Å². The van der Waals surface area contributed by atoms with Crippen molar-refractivity contribution in [3.63, 3.8) is 0 Å². The molecule has 0 atom stereocenters. The molecule has 0 spiro atoms. The molecule has 1 aromatic rings. The van der Waals surface area contributed by atoms with Crippen LogP contribution in [0.2, 0.25) is 15.1 Å². The molecule has 0 aromatic heterocycles. The van der Waals surface area contributed by atoms with Crippen LogP contribution < -0.4 is 5.32 Å². The van der Waals surface area contributed by atoms with E-state index in [1.54, 1.807) is 12.1 Å². The van der Waals surface area contributed by atoms with Gasteiger partial charge in [0.2, 0.25) is 4.73 Å². The van der Waals surface area contributed by atoms with Crippen molar-refractivity contribution < 1.29 is 0 Å². The summed E-state index contributed by atoms with van der Waals surface area (Å²) in [6.07, 6.45) is 0. The molecule has 0 saturated carbocycles. The number of thiocarbonyl (C=S) groups is 1. The lowest BCUT2D eigenvalue weighted by Crippen LogP contribution is -2.32. The lowest BCUT2D eigenvalue weighted by atomic mass is 10.3. The van der Waals surface area contributed by atoms with E-state index < -0.39 is 7.26 Å². The molecule has 6 heteroatoms. The van der Waals surface area contributed by atoms with Gasteiger partial charge in [-0.25, -0.2) is 0 Å². The summed E-state index contributed by atoms with van der Waals surface area (Å²) in [5, 5.41) is 4.86. The van der Waals surface area contributed by atoms with E-state index in [4.69, 9.17) is 47.0 Å². The highest BCUT2D eigenvalue weighted by Gasteiger charge is 2.52. The number of nitrogens with one attached hydrogen (secondary N) is 1. The summed E-state index contributed by atoms with van der Waals surface area (Å²) in [5.41, 5.74) is 2.15. The van der Waals surface area contributed by atoms with Gasteiger partial charge in [-0.2, -0.15) is 0 Å². The maximum Gasteiger partial charge on any atom is 0.226 e. The third-order valence-corrected chi connectivity index (χ3v) is 12.0. The van der Waals surface area contributed by atoms with Crippen LogP contribution in [-0.2, 0) is 0 Å². The predicted molar refractivity (Wildman–Crippen MR) is 110 cm³/mol. The van der Waals surface area contributed by atoms with E-state index >= 15 is 0 Å². The summed E-state index contributed by atoms with van der Waals surface area (Å²) in [5.74, 6) is 0. The van der Waals surface area contributed by atoms with Gasteiger partial charge in [0.05, 0.1) is 40.0 Å². The molecule has 0 aliphatic rings. The van der Waals surface area contributed by atoms with Crippen LogP contribution in [0.3, 0.4) is 0 Å². The SMILES string of the molecule is CC(C)[P+](C(=S)Nc1c(Cl)cc(Cl)cc1Cl)(C(C)C)C(C)C. The average Bonchev–Trinajstić information content (AvgIpc) is 2.32. The summed E-state index contributed by atoms with van der Waals surface area (Å²) >= 11 is 24.4. The summed E-state index contributed by atoms with van der Waals surface area (Å²) in [7, 11) is -1.55. The highest BCUT2D eigenvalue weighted by molar-refractivity contribution is 8.07. The maximum atomic E-state index is 6.29. The highest BCUT2D eigenvalue weighted by Crippen LogP contribution is 2.71. The van der Waals surface area contributed by atoms with Crippen molar-refractivity contribution in [2.45, 2.75) is 58.5 Å². The number of hydrogen-bond acceptors (Lipinski definition) is 1. The van der Waals surface area contributed by atoms with Gasteiger partial charge in [-0.3, -0.25) is 0 Å². The molecule has 0 saturated heterocycles. The second-order valence-electron chi connectivity index (χ2n) is 6.29. The Hall–Kier alpha value is 0.410. The molecule has 0 aliphatic heterocycles. The molecular formula is C16H24Cl3NPS+. The van der Waals surface area contributed by atoms with Crippen molar-refractivity contribution in [1.29, 1.82) is 0 Å². The number of anilines is 1. The number of halogens is 3. The van der Waals surface area contributed by atoms with E-state index in [-0.39, 0.29) is 0 Å². The zero-order chi connectivity index (χ0) is 17.2.